The summed E-state index contributed by atoms with van der Waals surface area (Å²) in [6, 6.07) is 16.5. The quantitative estimate of drug-likeness (QED) is 0.602. The molecule has 3 aromatic rings. The predicted molar refractivity (Wildman–Crippen MR) is 119 cm³/mol. The van der Waals surface area contributed by atoms with Crippen LogP contribution in [0, 0.1) is 6.92 Å². The van der Waals surface area contributed by atoms with E-state index < -0.39 is 0 Å². The van der Waals surface area contributed by atoms with Gasteiger partial charge in [-0.1, -0.05) is 30.3 Å². The molecule has 0 radical (unpaired) electrons. The second-order valence-corrected chi connectivity index (χ2v) is 7.67. The van der Waals surface area contributed by atoms with Gasteiger partial charge in [-0.05, 0) is 43.2 Å². The number of carbonyl (C=O) groups excluding carboxylic acids is 1. The predicted octanol–water partition coefficient (Wildman–Crippen LogP) is 4.62. The Morgan fingerprint density at radius 2 is 1.83 bits per heavy atom. The van der Waals surface area contributed by atoms with Crippen LogP contribution in [0.2, 0.25) is 0 Å². The highest BCUT2D eigenvalue weighted by Gasteiger charge is 2.23. The maximum absolute atomic E-state index is 12.1. The van der Waals surface area contributed by atoms with Crippen LogP contribution in [0.25, 0.3) is 22.0 Å². The number of pyridine rings is 1. The van der Waals surface area contributed by atoms with Gasteiger partial charge in [0.25, 0.3) is 0 Å². The van der Waals surface area contributed by atoms with E-state index >= 15 is 0 Å². The van der Waals surface area contributed by atoms with Crippen molar-refractivity contribution in [1.82, 2.24) is 9.88 Å². The first kappa shape index (κ1) is 20.4. The zero-order chi connectivity index (χ0) is 20.9. The molecular formula is C25H28N2O3. The number of benzene rings is 2. The zero-order valence-corrected chi connectivity index (χ0v) is 17.6. The number of nitrogens with zero attached hydrogens (tertiary/aromatic N) is 2. The number of amides is 1. The molecule has 5 nitrogen and oxygen atoms in total. The summed E-state index contributed by atoms with van der Waals surface area (Å²) in [5.74, 6) is 0.934. The number of carbonyl (C=O) groups is 1. The minimum absolute atomic E-state index is 0.0685. The minimum atomic E-state index is 0.0685. The van der Waals surface area contributed by atoms with Crippen molar-refractivity contribution >= 4 is 16.8 Å². The van der Waals surface area contributed by atoms with Gasteiger partial charge in [-0.15, -0.1) is 0 Å². The molecule has 1 aliphatic rings. The number of hydrogen-bond donors (Lipinski definition) is 0. The van der Waals surface area contributed by atoms with Gasteiger partial charge in [0, 0.05) is 49.7 Å². The standard InChI is InChI=1S/C25H28N2O3/c1-3-29-17-25(28)27-14-12-21(13-15-27)30-20-10-8-19(9-11-20)23-16-26-24-7-5-4-6-22(24)18(23)2/h4-11,16,21H,3,12-15,17H2,1-2H3. The first-order valence-corrected chi connectivity index (χ1v) is 10.6. The smallest absolute Gasteiger partial charge is 0.248 e. The van der Waals surface area contributed by atoms with E-state index in [1.807, 2.05) is 48.4 Å². The molecule has 0 unspecified atom stereocenters. The maximum Gasteiger partial charge on any atom is 0.248 e. The summed E-state index contributed by atoms with van der Waals surface area (Å²) in [4.78, 5) is 18.5. The molecule has 0 atom stereocenters. The number of ether oxygens (including phenoxy) is 2. The molecule has 2 heterocycles. The van der Waals surface area contributed by atoms with Gasteiger partial charge < -0.3 is 14.4 Å². The fraction of sp³-hybridized carbons (Fsp3) is 0.360. The zero-order valence-electron chi connectivity index (χ0n) is 17.6. The number of para-hydroxylation sites is 1. The Hall–Kier alpha value is -2.92. The van der Waals surface area contributed by atoms with Gasteiger partial charge in [0.2, 0.25) is 5.91 Å². The molecular weight excluding hydrogens is 376 g/mol. The second-order valence-electron chi connectivity index (χ2n) is 7.67. The van der Waals surface area contributed by atoms with Gasteiger partial charge in [0.05, 0.1) is 5.52 Å². The molecule has 0 N–H and O–H groups in total. The van der Waals surface area contributed by atoms with Crippen molar-refractivity contribution in [3.63, 3.8) is 0 Å². The Morgan fingerprint density at radius 1 is 1.10 bits per heavy atom. The Morgan fingerprint density at radius 3 is 2.57 bits per heavy atom. The average Bonchev–Trinajstić information content (AvgIpc) is 2.79. The molecule has 30 heavy (non-hydrogen) atoms. The molecule has 1 fully saturated rings. The summed E-state index contributed by atoms with van der Waals surface area (Å²) in [5, 5.41) is 1.18. The lowest BCUT2D eigenvalue weighted by Crippen LogP contribution is -2.43. The highest BCUT2D eigenvalue weighted by atomic mass is 16.5. The van der Waals surface area contributed by atoms with Gasteiger partial charge in [0.15, 0.2) is 0 Å². The molecule has 0 spiro atoms. The van der Waals surface area contributed by atoms with Crippen LogP contribution in [0.5, 0.6) is 5.75 Å². The van der Waals surface area contributed by atoms with Gasteiger partial charge in [-0.3, -0.25) is 9.78 Å². The third-order valence-corrected chi connectivity index (χ3v) is 5.74. The number of aromatic nitrogens is 1. The molecule has 0 bridgehead atoms. The molecule has 156 valence electrons. The largest absolute Gasteiger partial charge is 0.490 e. The molecule has 1 amide bonds. The average molecular weight is 405 g/mol. The highest BCUT2D eigenvalue weighted by molar-refractivity contribution is 5.88. The van der Waals surface area contributed by atoms with Crippen LogP contribution in [0.4, 0.5) is 0 Å². The third-order valence-electron chi connectivity index (χ3n) is 5.74. The Bertz CT molecular complexity index is 1010. The lowest BCUT2D eigenvalue weighted by molar-refractivity contribution is -0.137. The first-order chi connectivity index (χ1) is 14.7. The number of aryl methyl sites for hydroxylation is 1. The monoisotopic (exact) mass is 404 g/mol. The Balaban J connectivity index is 1.38. The van der Waals surface area contributed by atoms with Gasteiger partial charge >= 0.3 is 0 Å². The van der Waals surface area contributed by atoms with Crippen LogP contribution in [0.15, 0.2) is 54.7 Å². The lowest BCUT2D eigenvalue weighted by Gasteiger charge is -2.32. The summed E-state index contributed by atoms with van der Waals surface area (Å²) in [6.07, 6.45) is 3.76. The molecule has 1 aromatic heterocycles. The van der Waals surface area contributed by atoms with Crippen molar-refractivity contribution in [2.45, 2.75) is 32.8 Å². The molecule has 2 aromatic carbocycles. The molecule has 1 aliphatic heterocycles. The fourth-order valence-electron chi connectivity index (χ4n) is 3.98. The van der Waals surface area contributed by atoms with Crippen LogP contribution >= 0.6 is 0 Å². The second kappa shape index (κ2) is 9.26. The van der Waals surface area contributed by atoms with E-state index in [1.165, 1.54) is 10.9 Å². The summed E-state index contributed by atoms with van der Waals surface area (Å²) >= 11 is 0. The number of fused-ring (bicyclic) bond motifs is 1. The summed E-state index contributed by atoms with van der Waals surface area (Å²) in [7, 11) is 0. The van der Waals surface area contributed by atoms with Crippen LogP contribution < -0.4 is 4.74 Å². The third kappa shape index (κ3) is 4.46. The molecule has 0 saturated carbocycles. The van der Waals surface area contributed by atoms with Crippen LogP contribution in [0.1, 0.15) is 25.3 Å². The number of likely N-dealkylation sites (tertiary alicyclic amines) is 1. The van der Waals surface area contributed by atoms with Crippen LogP contribution in [-0.4, -0.2) is 48.2 Å². The van der Waals surface area contributed by atoms with Crippen molar-refractivity contribution < 1.29 is 14.3 Å². The SMILES string of the molecule is CCOCC(=O)N1CCC(Oc2ccc(-c3cnc4ccccc4c3C)cc2)CC1. The summed E-state index contributed by atoms with van der Waals surface area (Å²) in [5.41, 5.74) is 4.53. The summed E-state index contributed by atoms with van der Waals surface area (Å²) in [6.45, 7) is 6.22. The minimum Gasteiger partial charge on any atom is -0.490 e. The normalized spacial score (nSPS) is 14.8. The molecule has 4 rings (SSSR count). The van der Waals surface area contributed by atoms with Crippen molar-refractivity contribution in [2.75, 3.05) is 26.3 Å². The van der Waals surface area contributed by atoms with E-state index in [0.29, 0.717) is 6.61 Å². The van der Waals surface area contributed by atoms with E-state index in [2.05, 4.69) is 30.1 Å². The molecule has 5 heteroatoms. The van der Waals surface area contributed by atoms with E-state index in [-0.39, 0.29) is 18.6 Å². The summed E-state index contributed by atoms with van der Waals surface area (Å²) < 4.78 is 11.4. The van der Waals surface area contributed by atoms with Gasteiger partial charge in [-0.25, -0.2) is 0 Å². The fourth-order valence-corrected chi connectivity index (χ4v) is 3.98. The Labute approximate surface area is 177 Å². The van der Waals surface area contributed by atoms with Crippen LogP contribution in [-0.2, 0) is 9.53 Å². The van der Waals surface area contributed by atoms with Gasteiger partial charge in [0.1, 0.15) is 18.5 Å². The van der Waals surface area contributed by atoms with E-state index in [1.54, 1.807) is 0 Å². The molecule has 1 saturated heterocycles. The van der Waals surface area contributed by atoms with Gasteiger partial charge in [-0.2, -0.15) is 0 Å². The van der Waals surface area contributed by atoms with Crippen molar-refractivity contribution in [3.8, 4) is 16.9 Å². The maximum atomic E-state index is 12.1. The van der Waals surface area contributed by atoms with Crippen molar-refractivity contribution in [1.29, 1.82) is 0 Å². The van der Waals surface area contributed by atoms with Crippen LogP contribution in [0.3, 0.4) is 0 Å². The Kier molecular flexibility index (Phi) is 6.29. The van der Waals surface area contributed by atoms with E-state index in [0.717, 1.165) is 48.3 Å². The lowest BCUT2D eigenvalue weighted by atomic mass is 9.99. The molecule has 0 aliphatic carbocycles. The number of rotatable bonds is 6. The topological polar surface area (TPSA) is 51.7 Å². The highest BCUT2D eigenvalue weighted by Crippen LogP contribution is 2.30. The van der Waals surface area contributed by atoms with E-state index in [9.17, 15) is 4.79 Å². The van der Waals surface area contributed by atoms with E-state index in [4.69, 9.17) is 9.47 Å². The number of hydrogen-bond acceptors (Lipinski definition) is 4. The number of piperidine rings is 1. The van der Waals surface area contributed by atoms with Crippen molar-refractivity contribution in [2.24, 2.45) is 0 Å². The van der Waals surface area contributed by atoms with Crippen molar-refractivity contribution in [3.05, 3.63) is 60.3 Å². The first-order valence-electron chi connectivity index (χ1n) is 10.6.